The summed E-state index contributed by atoms with van der Waals surface area (Å²) in [7, 11) is 0. The fourth-order valence-corrected chi connectivity index (χ4v) is 1.76. The summed E-state index contributed by atoms with van der Waals surface area (Å²) >= 11 is 0. The molecule has 0 bridgehead atoms. The molecule has 102 valence electrons. The molecule has 0 amide bonds. The smallest absolute Gasteiger partial charge is 0.342 e. The van der Waals surface area contributed by atoms with Gasteiger partial charge in [0.1, 0.15) is 11.3 Å². The van der Waals surface area contributed by atoms with Crippen LogP contribution in [0.15, 0.2) is 48.2 Å². The summed E-state index contributed by atoms with van der Waals surface area (Å²) in [6.07, 6.45) is 1.18. The molecule has 1 N–H and O–H groups in total. The van der Waals surface area contributed by atoms with E-state index in [1.165, 1.54) is 0 Å². The van der Waals surface area contributed by atoms with E-state index in [4.69, 9.17) is 4.74 Å². The number of carbonyl (C=O) groups is 1. The number of benzene rings is 1. The molecule has 3 heteroatoms. The second-order valence-electron chi connectivity index (χ2n) is 4.14. The molecule has 0 saturated heterocycles. The van der Waals surface area contributed by atoms with Gasteiger partial charge in [-0.05, 0) is 24.5 Å². The predicted octanol–water partition coefficient (Wildman–Crippen LogP) is 3.88. The molecule has 0 heterocycles. The summed E-state index contributed by atoms with van der Waals surface area (Å²) in [6, 6.07) is 9.30. The van der Waals surface area contributed by atoms with E-state index < -0.39 is 5.97 Å². The van der Waals surface area contributed by atoms with Crippen molar-refractivity contribution in [2.24, 2.45) is 0 Å². The SMILES string of the molecule is C=C(/C(C(=O)OCC)=C(/O)CCC)c1ccccc1. The van der Waals surface area contributed by atoms with E-state index in [-0.39, 0.29) is 17.9 Å². The van der Waals surface area contributed by atoms with Gasteiger partial charge in [0.2, 0.25) is 0 Å². The van der Waals surface area contributed by atoms with E-state index in [0.717, 1.165) is 12.0 Å². The largest absolute Gasteiger partial charge is 0.511 e. The van der Waals surface area contributed by atoms with Crippen LogP contribution in [0.25, 0.3) is 5.57 Å². The van der Waals surface area contributed by atoms with Gasteiger partial charge in [0.25, 0.3) is 0 Å². The zero-order valence-electron chi connectivity index (χ0n) is 11.5. The normalized spacial score (nSPS) is 11.7. The first-order valence-electron chi connectivity index (χ1n) is 6.45. The molecule has 19 heavy (non-hydrogen) atoms. The number of carbonyl (C=O) groups excluding carboxylic acids is 1. The Hall–Kier alpha value is -2.03. The van der Waals surface area contributed by atoms with Crippen molar-refractivity contribution in [1.82, 2.24) is 0 Å². The second kappa shape index (κ2) is 7.41. The van der Waals surface area contributed by atoms with E-state index in [0.29, 0.717) is 12.0 Å². The fraction of sp³-hybridized carbons (Fsp3) is 0.312. The zero-order chi connectivity index (χ0) is 14.3. The van der Waals surface area contributed by atoms with Crippen molar-refractivity contribution in [3.05, 3.63) is 53.8 Å². The maximum absolute atomic E-state index is 12.0. The molecule has 3 nitrogen and oxygen atoms in total. The van der Waals surface area contributed by atoms with Crippen molar-refractivity contribution in [2.75, 3.05) is 6.61 Å². The van der Waals surface area contributed by atoms with Gasteiger partial charge in [-0.25, -0.2) is 4.79 Å². The minimum atomic E-state index is -0.526. The molecule has 1 rings (SSSR count). The Labute approximate surface area is 114 Å². The van der Waals surface area contributed by atoms with Crippen LogP contribution in [-0.4, -0.2) is 17.7 Å². The Morgan fingerprint density at radius 3 is 2.42 bits per heavy atom. The van der Waals surface area contributed by atoms with Crippen LogP contribution < -0.4 is 0 Å². The quantitative estimate of drug-likeness (QED) is 0.365. The Bertz CT molecular complexity index is 472. The van der Waals surface area contributed by atoms with Gasteiger partial charge in [0.15, 0.2) is 0 Å². The lowest BCUT2D eigenvalue weighted by molar-refractivity contribution is -0.138. The molecule has 0 aliphatic rings. The molecule has 0 aliphatic carbocycles. The number of aliphatic hydroxyl groups excluding tert-OH is 1. The van der Waals surface area contributed by atoms with E-state index in [9.17, 15) is 9.90 Å². The third-order valence-electron chi connectivity index (χ3n) is 2.68. The van der Waals surface area contributed by atoms with E-state index in [1.807, 2.05) is 37.3 Å². The lowest BCUT2D eigenvalue weighted by Crippen LogP contribution is -2.12. The predicted molar refractivity (Wildman–Crippen MR) is 76.7 cm³/mol. The van der Waals surface area contributed by atoms with E-state index >= 15 is 0 Å². The Morgan fingerprint density at radius 2 is 1.89 bits per heavy atom. The summed E-state index contributed by atoms with van der Waals surface area (Å²) in [5, 5.41) is 10.1. The third kappa shape index (κ3) is 3.98. The van der Waals surface area contributed by atoms with Gasteiger partial charge in [0.05, 0.1) is 6.61 Å². The molecule has 0 atom stereocenters. The molecule has 0 saturated carbocycles. The van der Waals surface area contributed by atoms with E-state index in [2.05, 4.69) is 6.58 Å². The van der Waals surface area contributed by atoms with Crippen molar-refractivity contribution < 1.29 is 14.6 Å². The highest BCUT2D eigenvalue weighted by molar-refractivity contribution is 6.06. The molecule has 0 fully saturated rings. The number of ether oxygens (including phenoxy) is 1. The second-order valence-corrected chi connectivity index (χ2v) is 4.14. The van der Waals surface area contributed by atoms with Crippen LogP contribution in [-0.2, 0) is 9.53 Å². The van der Waals surface area contributed by atoms with Crippen LogP contribution in [0.4, 0.5) is 0 Å². The minimum Gasteiger partial charge on any atom is -0.511 e. The van der Waals surface area contributed by atoms with Crippen LogP contribution >= 0.6 is 0 Å². The van der Waals surface area contributed by atoms with Crippen molar-refractivity contribution in [1.29, 1.82) is 0 Å². The minimum absolute atomic E-state index is 0.0369. The first kappa shape index (κ1) is 15.0. The highest BCUT2D eigenvalue weighted by Gasteiger charge is 2.20. The average Bonchev–Trinajstić information content (AvgIpc) is 2.40. The van der Waals surface area contributed by atoms with E-state index in [1.54, 1.807) is 6.92 Å². The van der Waals surface area contributed by atoms with Crippen LogP contribution in [0.5, 0.6) is 0 Å². The Morgan fingerprint density at radius 1 is 1.26 bits per heavy atom. The maximum Gasteiger partial charge on any atom is 0.342 e. The fourth-order valence-electron chi connectivity index (χ4n) is 1.76. The van der Waals surface area contributed by atoms with Crippen molar-refractivity contribution in [3.8, 4) is 0 Å². The lowest BCUT2D eigenvalue weighted by Gasteiger charge is -2.12. The Kier molecular flexibility index (Phi) is 5.86. The molecule has 1 aromatic carbocycles. The van der Waals surface area contributed by atoms with Gasteiger partial charge in [-0.15, -0.1) is 0 Å². The summed E-state index contributed by atoms with van der Waals surface area (Å²) in [5.74, 6) is -0.489. The third-order valence-corrected chi connectivity index (χ3v) is 2.68. The summed E-state index contributed by atoms with van der Waals surface area (Å²) in [4.78, 5) is 12.0. The number of rotatable bonds is 6. The van der Waals surface area contributed by atoms with Crippen molar-refractivity contribution in [2.45, 2.75) is 26.7 Å². The van der Waals surface area contributed by atoms with Crippen LogP contribution in [0, 0.1) is 0 Å². The highest BCUT2D eigenvalue weighted by Crippen LogP contribution is 2.26. The topological polar surface area (TPSA) is 46.5 Å². The summed E-state index contributed by atoms with van der Waals surface area (Å²) in [6.45, 7) is 7.85. The molecule has 1 aromatic rings. The summed E-state index contributed by atoms with van der Waals surface area (Å²) in [5.41, 5.74) is 1.47. The van der Waals surface area contributed by atoms with Gasteiger partial charge in [-0.1, -0.05) is 43.8 Å². The number of aliphatic hydroxyl groups is 1. The average molecular weight is 260 g/mol. The van der Waals surface area contributed by atoms with Crippen molar-refractivity contribution >= 4 is 11.5 Å². The number of allylic oxidation sites excluding steroid dienone is 1. The molecule has 0 radical (unpaired) electrons. The molecular weight excluding hydrogens is 240 g/mol. The zero-order valence-corrected chi connectivity index (χ0v) is 11.5. The molecule has 0 unspecified atom stereocenters. The lowest BCUT2D eigenvalue weighted by atomic mass is 9.97. The molecule has 0 aliphatic heterocycles. The first-order chi connectivity index (χ1) is 9.11. The van der Waals surface area contributed by atoms with Crippen molar-refractivity contribution in [3.63, 3.8) is 0 Å². The Balaban J connectivity index is 3.14. The van der Waals surface area contributed by atoms with Crippen LogP contribution in [0.1, 0.15) is 32.3 Å². The van der Waals surface area contributed by atoms with Gasteiger partial charge in [0, 0.05) is 6.42 Å². The van der Waals surface area contributed by atoms with Gasteiger partial charge in [-0.2, -0.15) is 0 Å². The van der Waals surface area contributed by atoms with Gasteiger partial charge >= 0.3 is 5.97 Å². The first-order valence-corrected chi connectivity index (χ1v) is 6.45. The molecule has 0 aromatic heterocycles. The van der Waals surface area contributed by atoms with Gasteiger partial charge in [-0.3, -0.25) is 0 Å². The standard InChI is InChI=1S/C16H20O3/c1-4-9-14(17)15(16(18)19-5-2)12(3)13-10-7-6-8-11-13/h6-8,10-11,17H,3-5,9H2,1-2H3/b15-14-. The van der Waals surface area contributed by atoms with Crippen LogP contribution in [0.2, 0.25) is 0 Å². The number of hydrogen-bond acceptors (Lipinski definition) is 3. The number of hydrogen-bond donors (Lipinski definition) is 1. The molecular formula is C16H20O3. The summed E-state index contributed by atoms with van der Waals surface area (Å²) < 4.78 is 5.00. The monoisotopic (exact) mass is 260 g/mol. The maximum atomic E-state index is 12.0. The van der Waals surface area contributed by atoms with Gasteiger partial charge < -0.3 is 9.84 Å². The number of esters is 1. The molecule has 0 spiro atoms. The van der Waals surface area contributed by atoms with Crippen LogP contribution in [0.3, 0.4) is 0 Å². The highest BCUT2D eigenvalue weighted by atomic mass is 16.5.